The molecule has 4 atom stereocenters. The highest BCUT2D eigenvalue weighted by Gasteiger charge is 2.36. The standard InChI is InChI=1S/C26H30FNO3S2.H2O/c1-32-18-3-5-23-20(13-18)25(19-4-2-17(27)12-24(19)33-23)16-6-8-28(9-7-16)14-15-10-21(29)26(31)22(30)11-15;/h2-5,12-13,15,21-22,26,29-31H,6-11,14H2,1H3;1H2/t15?,21-,22+,26?;. The van der Waals surface area contributed by atoms with Gasteiger partial charge in [0.05, 0.1) is 12.2 Å². The Kier molecular flexibility index (Phi) is 8.09. The molecule has 0 amide bonds. The second-order valence-electron chi connectivity index (χ2n) is 9.35. The van der Waals surface area contributed by atoms with E-state index in [9.17, 15) is 19.7 Å². The number of aliphatic hydroxyl groups is 3. The number of thioether (sulfide) groups is 1. The van der Waals surface area contributed by atoms with Crippen LogP contribution in [-0.4, -0.2) is 69.9 Å². The number of benzene rings is 2. The first-order valence-corrected chi connectivity index (χ1v) is 13.6. The van der Waals surface area contributed by atoms with Gasteiger partial charge < -0.3 is 25.7 Å². The Hall–Kier alpha value is -1.39. The molecule has 1 saturated heterocycles. The summed E-state index contributed by atoms with van der Waals surface area (Å²) in [5, 5.41) is 29.9. The number of nitrogens with zero attached hydrogens (tertiary/aromatic N) is 1. The Morgan fingerprint density at radius 2 is 1.68 bits per heavy atom. The monoisotopic (exact) mass is 505 g/mol. The summed E-state index contributed by atoms with van der Waals surface area (Å²) in [5.74, 6) is -0.0150. The minimum Gasteiger partial charge on any atom is -0.412 e. The molecule has 0 aromatic heterocycles. The number of rotatable bonds is 3. The van der Waals surface area contributed by atoms with Gasteiger partial charge in [0.15, 0.2) is 0 Å². The molecule has 34 heavy (non-hydrogen) atoms. The lowest BCUT2D eigenvalue weighted by Gasteiger charge is -2.38. The third-order valence-electron chi connectivity index (χ3n) is 7.16. The van der Waals surface area contributed by atoms with Crippen molar-refractivity contribution >= 4 is 29.1 Å². The van der Waals surface area contributed by atoms with Crippen LogP contribution >= 0.6 is 23.5 Å². The highest BCUT2D eigenvalue weighted by Crippen LogP contribution is 2.48. The number of likely N-dealkylation sites (tertiary alicyclic amines) is 1. The second kappa shape index (κ2) is 10.7. The van der Waals surface area contributed by atoms with E-state index >= 15 is 0 Å². The van der Waals surface area contributed by atoms with Gasteiger partial charge in [0.1, 0.15) is 11.9 Å². The van der Waals surface area contributed by atoms with E-state index in [-0.39, 0.29) is 17.2 Å². The SMILES string of the molecule is CSc1ccc2c(c1)C(=C1CCN(CC3C[C@@H](O)C(O)[C@@H](O)C3)CC1)c1ccc(F)cc1S2.O. The first kappa shape index (κ1) is 25.7. The Labute approximate surface area is 208 Å². The van der Waals surface area contributed by atoms with Gasteiger partial charge in [-0.15, -0.1) is 11.8 Å². The van der Waals surface area contributed by atoms with Crippen LogP contribution in [0.3, 0.4) is 0 Å². The van der Waals surface area contributed by atoms with E-state index in [0.29, 0.717) is 12.8 Å². The van der Waals surface area contributed by atoms with Crippen molar-refractivity contribution in [2.45, 2.75) is 58.7 Å². The minimum atomic E-state index is -1.03. The molecule has 0 spiro atoms. The molecule has 3 aliphatic rings. The number of aliphatic hydroxyl groups excluding tert-OH is 3. The van der Waals surface area contributed by atoms with Gasteiger partial charge in [-0.3, -0.25) is 0 Å². The first-order chi connectivity index (χ1) is 15.9. The lowest BCUT2D eigenvalue weighted by atomic mass is 9.82. The molecule has 2 heterocycles. The molecule has 5 nitrogen and oxygen atoms in total. The second-order valence-corrected chi connectivity index (χ2v) is 11.3. The number of piperidine rings is 1. The van der Waals surface area contributed by atoms with Gasteiger partial charge in [-0.25, -0.2) is 4.39 Å². The van der Waals surface area contributed by atoms with Crippen molar-refractivity contribution in [3.8, 4) is 0 Å². The highest BCUT2D eigenvalue weighted by atomic mass is 32.2. The first-order valence-electron chi connectivity index (χ1n) is 11.6. The number of fused-ring (bicyclic) bond motifs is 2. The van der Waals surface area contributed by atoms with Crippen molar-refractivity contribution in [3.63, 3.8) is 0 Å². The summed E-state index contributed by atoms with van der Waals surface area (Å²) < 4.78 is 14.0. The average molecular weight is 506 g/mol. The highest BCUT2D eigenvalue weighted by molar-refractivity contribution is 7.99. The molecule has 0 bridgehead atoms. The summed E-state index contributed by atoms with van der Waals surface area (Å²) in [7, 11) is 0. The van der Waals surface area contributed by atoms with Crippen molar-refractivity contribution in [2.75, 3.05) is 25.9 Å². The Morgan fingerprint density at radius 1 is 0.971 bits per heavy atom. The van der Waals surface area contributed by atoms with Crippen molar-refractivity contribution in [1.29, 1.82) is 0 Å². The summed E-state index contributed by atoms with van der Waals surface area (Å²) in [4.78, 5) is 5.80. The maximum absolute atomic E-state index is 14.0. The zero-order valence-electron chi connectivity index (χ0n) is 19.2. The van der Waals surface area contributed by atoms with Gasteiger partial charge in [-0.1, -0.05) is 23.4 Å². The lowest BCUT2D eigenvalue weighted by molar-refractivity contribution is -0.103. The van der Waals surface area contributed by atoms with E-state index in [1.807, 2.05) is 6.07 Å². The third kappa shape index (κ3) is 5.09. The van der Waals surface area contributed by atoms with Crippen LogP contribution in [0.15, 0.2) is 56.7 Å². The zero-order chi connectivity index (χ0) is 23.1. The molecule has 2 unspecified atom stereocenters. The predicted molar refractivity (Wildman–Crippen MR) is 135 cm³/mol. The number of halogens is 1. The molecule has 2 fully saturated rings. The molecule has 0 radical (unpaired) electrons. The largest absolute Gasteiger partial charge is 0.412 e. The van der Waals surface area contributed by atoms with Crippen LogP contribution < -0.4 is 0 Å². The van der Waals surface area contributed by atoms with E-state index in [1.165, 1.54) is 26.5 Å². The summed E-state index contributed by atoms with van der Waals surface area (Å²) >= 11 is 3.38. The molecule has 2 aromatic carbocycles. The van der Waals surface area contributed by atoms with E-state index in [0.717, 1.165) is 42.9 Å². The quantitative estimate of drug-likeness (QED) is 0.471. The van der Waals surface area contributed by atoms with Crippen LogP contribution in [-0.2, 0) is 0 Å². The molecule has 1 saturated carbocycles. The maximum Gasteiger partial charge on any atom is 0.124 e. The van der Waals surface area contributed by atoms with Crippen molar-refractivity contribution in [1.82, 2.24) is 4.90 Å². The minimum absolute atomic E-state index is 0. The van der Waals surface area contributed by atoms with Gasteiger partial charge in [-0.2, -0.15) is 0 Å². The van der Waals surface area contributed by atoms with Crippen LogP contribution in [0.25, 0.3) is 5.57 Å². The Morgan fingerprint density at radius 3 is 2.35 bits per heavy atom. The van der Waals surface area contributed by atoms with Gasteiger partial charge in [0, 0.05) is 34.3 Å². The van der Waals surface area contributed by atoms with Gasteiger partial charge in [-0.05, 0) is 84.9 Å². The van der Waals surface area contributed by atoms with Gasteiger partial charge in [0.2, 0.25) is 0 Å². The van der Waals surface area contributed by atoms with E-state index in [1.54, 1.807) is 35.7 Å². The van der Waals surface area contributed by atoms with Gasteiger partial charge >= 0.3 is 0 Å². The van der Waals surface area contributed by atoms with Crippen LogP contribution in [0.4, 0.5) is 4.39 Å². The van der Waals surface area contributed by atoms with Crippen LogP contribution in [0, 0.1) is 11.7 Å². The van der Waals surface area contributed by atoms with E-state index < -0.39 is 18.3 Å². The molecular formula is C26H32FNO4S2. The van der Waals surface area contributed by atoms with Crippen LogP contribution in [0.1, 0.15) is 36.8 Å². The summed E-state index contributed by atoms with van der Waals surface area (Å²) in [5.41, 5.74) is 5.06. The van der Waals surface area contributed by atoms with Crippen LogP contribution in [0.2, 0.25) is 0 Å². The molecule has 2 aliphatic heterocycles. The summed E-state index contributed by atoms with van der Waals surface area (Å²) in [6.07, 6.45) is 2.32. The normalized spacial score (nSPS) is 27.1. The Balaban J connectivity index is 0.00000274. The Bertz CT molecular complexity index is 1060. The van der Waals surface area contributed by atoms with Crippen LogP contribution in [0.5, 0.6) is 0 Å². The molecular weight excluding hydrogens is 473 g/mol. The molecule has 2 aromatic rings. The van der Waals surface area contributed by atoms with E-state index in [4.69, 9.17) is 0 Å². The molecule has 184 valence electrons. The molecule has 5 N–H and O–H groups in total. The van der Waals surface area contributed by atoms with E-state index in [2.05, 4.69) is 29.4 Å². The van der Waals surface area contributed by atoms with Gasteiger partial charge in [0.25, 0.3) is 0 Å². The third-order valence-corrected chi connectivity index (χ3v) is 9.02. The molecule has 5 rings (SSSR count). The topological polar surface area (TPSA) is 95.4 Å². The summed E-state index contributed by atoms with van der Waals surface area (Å²) in [6.45, 7) is 2.67. The molecule has 8 heteroatoms. The lowest BCUT2D eigenvalue weighted by Crippen LogP contribution is -2.47. The summed E-state index contributed by atoms with van der Waals surface area (Å²) in [6, 6.07) is 11.7. The average Bonchev–Trinajstić information content (AvgIpc) is 2.81. The molecule has 1 aliphatic carbocycles. The fraction of sp³-hybridized carbons (Fsp3) is 0.462. The maximum atomic E-state index is 14.0. The fourth-order valence-electron chi connectivity index (χ4n) is 5.44. The smallest absolute Gasteiger partial charge is 0.124 e. The van der Waals surface area contributed by atoms with Crippen molar-refractivity contribution in [3.05, 3.63) is 58.9 Å². The fourth-order valence-corrected chi connectivity index (χ4v) is 6.97. The predicted octanol–water partition coefficient (Wildman–Crippen LogP) is 3.58. The zero-order valence-corrected chi connectivity index (χ0v) is 20.8. The number of hydrogen-bond donors (Lipinski definition) is 3. The van der Waals surface area contributed by atoms with Crippen molar-refractivity contribution in [2.24, 2.45) is 5.92 Å². The number of hydrogen-bond acceptors (Lipinski definition) is 6. The van der Waals surface area contributed by atoms with Crippen molar-refractivity contribution < 1.29 is 25.2 Å².